The smallest absolute Gasteiger partial charge is 0.387 e. The summed E-state index contributed by atoms with van der Waals surface area (Å²) >= 11 is 0. The summed E-state index contributed by atoms with van der Waals surface area (Å²) in [6.07, 6.45) is 3.86. The zero-order valence-electron chi connectivity index (χ0n) is 18.2. The van der Waals surface area contributed by atoms with E-state index in [1.54, 1.807) is 12.1 Å². The van der Waals surface area contributed by atoms with Gasteiger partial charge in [-0.25, -0.2) is 4.99 Å². The first-order valence-electron chi connectivity index (χ1n) is 10.8. The fraction of sp³-hybridized carbons (Fsp3) is 0.458. The molecule has 2 aliphatic heterocycles. The topological polar surface area (TPSA) is 66.1 Å². The van der Waals surface area contributed by atoms with E-state index in [-0.39, 0.29) is 17.9 Å². The van der Waals surface area contributed by atoms with Crippen molar-refractivity contribution in [2.24, 2.45) is 10.7 Å². The third-order valence-corrected chi connectivity index (χ3v) is 5.40. The van der Waals surface area contributed by atoms with Crippen LogP contribution in [-0.2, 0) is 10.3 Å². The van der Waals surface area contributed by atoms with Gasteiger partial charge in [-0.15, -0.1) is 0 Å². The molecule has 0 saturated heterocycles. The summed E-state index contributed by atoms with van der Waals surface area (Å²) in [6, 6.07) is 12.6. The molecule has 0 saturated carbocycles. The van der Waals surface area contributed by atoms with Crippen LogP contribution in [0.4, 0.5) is 8.78 Å². The molecule has 31 heavy (non-hydrogen) atoms. The molecule has 0 fully saturated rings. The summed E-state index contributed by atoms with van der Waals surface area (Å²) in [5.74, 6) is 0.885. The molecule has 0 amide bonds. The first-order valence-corrected chi connectivity index (χ1v) is 10.8. The number of alkyl halides is 2. The van der Waals surface area contributed by atoms with Gasteiger partial charge in [0.05, 0.1) is 0 Å². The van der Waals surface area contributed by atoms with Crippen LogP contribution < -0.4 is 15.2 Å². The molecule has 2 aromatic carbocycles. The molecule has 5 nitrogen and oxygen atoms in total. The van der Waals surface area contributed by atoms with Crippen LogP contribution in [0.15, 0.2) is 47.5 Å². The molecule has 7 heteroatoms. The van der Waals surface area contributed by atoms with E-state index in [0.717, 1.165) is 41.7 Å². The highest BCUT2D eigenvalue weighted by molar-refractivity contribution is 5.75. The van der Waals surface area contributed by atoms with Crippen molar-refractivity contribution < 1.29 is 23.0 Å². The van der Waals surface area contributed by atoms with Gasteiger partial charge in [0.1, 0.15) is 29.7 Å². The average molecular weight is 433 g/mol. The second-order valence-corrected chi connectivity index (χ2v) is 7.47. The van der Waals surface area contributed by atoms with Gasteiger partial charge in [0.15, 0.2) is 0 Å². The number of amidine groups is 1. The van der Waals surface area contributed by atoms with Gasteiger partial charge < -0.3 is 19.9 Å². The summed E-state index contributed by atoms with van der Waals surface area (Å²) < 4.78 is 41.4. The van der Waals surface area contributed by atoms with Gasteiger partial charge in [-0.05, 0) is 41.8 Å². The van der Waals surface area contributed by atoms with Gasteiger partial charge in [0, 0.05) is 12.0 Å². The van der Waals surface area contributed by atoms with E-state index >= 15 is 0 Å². The van der Waals surface area contributed by atoms with Gasteiger partial charge in [0.2, 0.25) is 0 Å². The van der Waals surface area contributed by atoms with Gasteiger partial charge in [-0.3, -0.25) is 0 Å². The third-order valence-electron chi connectivity index (χ3n) is 5.40. The lowest BCUT2D eigenvalue weighted by molar-refractivity contribution is -0.0498. The Hall–Kier alpha value is -2.83. The van der Waals surface area contributed by atoms with E-state index in [9.17, 15) is 8.78 Å². The molecule has 1 spiro atoms. The molecule has 2 unspecified atom stereocenters. The second kappa shape index (κ2) is 9.98. The van der Waals surface area contributed by atoms with Crippen molar-refractivity contribution in [2.75, 3.05) is 6.61 Å². The molecule has 2 heterocycles. The zero-order chi connectivity index (χ0) is 22.4. The van der Waals surface area contributed by atoms with Crippen LogP contribution in [0, 0.1) is 0 Å². The number of hydrogen-bond acceptors (Lipinski definition) is 5. The zero-order valence-corrected chi connectivity index (χ0v) is 18.2. The predicted octanol–water partition coefficient (Wildman–Crippen LogP) is 5.86. The number of fused-ring (bicyclic) bond motifs is 2. The number of nitrogens with zero attached hydrogens (tertiary/aromatic N) is 1. The maximum absolute atomic E-state index is 12.6. The molecule has 4 rings (SSSR count). The molecule has 0 radical (unpaired) electrons. The van der Waals surface area contributed by atoms with E-state index in [1.165, 1.54) is 6.07 Å². The van der Waals surface area contributed by atoms with Crippen LogP contribution in [-0.4, -0.2) is 25.3 Å². The second-order valence-electron chi connectivity index (χ2n) is 7.47. The summed E-state index contributed by atoms with van der Waals surface area (Å²) in [5, 5.41) is 0. The largest absolute Gasteiger partial charge is 0.490 e. The standard InChI is InChI=1S/C22H24F2N2O3.C2H6/c1-2-3-6-17-12-22(13-27-21(25)26-22)18-11-15(8-9-19(18)28-17)14-5-4-7-16(10-14)29-20(23)24;1-2/h4-5,7-11,17,20H,2-3,6,12-13H2,1H3,(H2,25,26);1-2H3. The Bertz CT molecular complexity index is 919. The minimum absolute atomic E-state index is 0.0503. The van der Waals surface area contributed by atoms with Crippen LogP contribution in [0.1, 0.15) is 52.0 Å². The minimum Gasteiger partial charge on any atom is -0.490 e. The minimum atomic E-state index is -2.86. The van der Waals surface area contributed by atoms with Crippen molar-refractivity contribution in [1.29, 1.82) is 0 Å². The number of rotatable bonds is 6. The fourth-order valence-electron chi connectivity index (χ4n) is 4.04. The van der Waals surface area contributed by atoms with Crippen molar-refractivity contribution in [2.45, 2.75) is 64.7 Å². The van der Waals surface area contributed by atoms with Crippen molar-refractivity contribution in [3.05, 3.63) is 48.0 Å². The molecular formula is C24H30F2N2O3. The van der Waals surface area contributed by atoms with Crippen molar-refractivity contribution in [3.8, 4) is 22.6 Å². The highest BCUT2D eigenvalue weighted by Crippen LogP contribution is 2.46. The Morgan fingerprint density at radius 2 is 1.97 bits per heavy atom. The van der Waals surface area contributed by atoms with Gasteiger partial charge in [-0.1, -0.05) is 51.8 Å². The lowest BCUT2D eigenvalue weighted by Gasteiger charge is -2.37. The number of unbranched alkanes of at least 4 members (excludes halogenated alkanes) is 1. The maximum Gasteiger partial charge on any atom is 0.387 e. The number of nitrogens with two attached hydrogens (primary N) is 1. The molecule has 2 N–H and O–H groups in total. The average Bonchev–Trinajstić information content (AvgIpc) is 3.14. The van der Waals surface area contributed by atoms with Crippen LogP contribution in [0.3, 0.4) is 0 Å². The highest BCUT2D eigenvalue weighted by atomic mass is 19.3. The van der Waals surface area contributed by atoms with E-state index < -0.39 is 12.2 Å². The van der Waals surface area contributed by atoms with E-state index in [1.807, 2.05) is 38.1 Å². The lowest BCUT2D eigenvalue weighted by Crippen LogP contribution is -2.38. The number of hydrogen-bond donors (Lipinski definition) is 1. The Morgan fingerprint density at radius 3 is 2.65 bits per heavy atom. The summed E-state index contributed by atoms with van der Waals surface area (Å²) in [6.45, 7) is 3.66. The molecule has 2 atom stereocenters. The highest BCUT2D eigenvalue weighted by Gasteiger charge is 2.46. The maximum atomic E-state index is 12.6. The first-order chi connectivity index (χ1) is 15.0. The van der Waals surface area contributed by atoms with Crippen LogP contribution in [0.2, 0.25) is 0 Å². The lowest BCUT2D eigenvalue weighted by atomic mass is 9.81. The first kappa shape index (κ1) is 22.8. The molecule has 168 valence electrons. The summed E-state index contributed by atoms with van der Waals surface area (Å²) in [5.41, 5.74) is 7.81. The quantitative estimate of drug-likeness (QED) is 0.621. The van der Waals surface area contributed by atoms with Gasteiger partial charge in [-0.2, -0.15) is 8.78 Å². The van der Waals surface area contributed by atoms with Crippen molar-refractivity contribution >= 4 is 6.02 Å². The summed E-state index contributed by atoms with van der Waals surface area (Å²) in [7, 11) is 0. The monoisotopic (exact) mass is 432 g/mol. The number of halogens is 2. The molecule has 2 aromatic rings. The Balaban J connectivity index is 0.00000132. The molecule has 0 aromatic heterocycles. The third kappa shape index (κ3) is 5.09. The SMILES string of the molecule is CC.CCCCC1CC2(COC(N)=N2)c2cc(-c3cccc(OC(F)F)c3)ccc2O1. The van der Waals surface area contributed by atoms with Gasteiger partial charge >= 0.3 is 6.61 Å². The molecule has 2 aliphatic rings. The Labute approximate surface area is 182 Å². The molecule has 0 aliphatic carbocycles. The summed E-state index contributed by atoms with van der Waals surface area (Å²) in [4.78, 5) is 4.64. The number of benzene rings is 2. The molecular weight excluding hydrogens is 402 g/mol. The van der Waals surface area contributed by atoms with Gasteiger partial charge in [0.25, 0.3) is 6.02 Å². The van der Waals surface area contributed by atoms with Crippen LogP contribution >= 0.6 is 0 Å². The van der Waals surface area contributed by atoms with Crippen molar-refractivity contribution in [1.82, 2.24) is 0 Å². The van der Waals surface area contributed by atoms with Crippen molar-refractivity contribution in [3.63, 3.8) is 0 Å². The Morgan fingerprint density at radius 1 is 1.19 bits per heavy atom. The van der Waals surface area contributed by atoms with E-state index in [4.69, 9.17) is 15.2 Å². The number of aliphatic imine (C=N–C) groups is 1. The number of ether oxygens (including phenoxy) is 3. The van der Waals surface area contributed by atoms with E-state index in [2.05, 4.69) is 16.7 Å². The van der Waals surface area contributed by atoms with E-state index in [0.29, 0.717) is 13.0 Å². The Kier molecular flexibility index (Phi) is 7.36. The van der Waals surface area contributed by atoms with Crippen LogP contribution in [0.5, 0.6) is 11.5 Å². The fourth-order valence-corrected chi connectivity index (χ4v) is 4.04. The molecule has 0 bridgehead atoms. The normalized spacial score (nSPS) is 21.5. The van der Waals surface area contributed by atoms with Crippen LogP contribution in [0.25, 0.3) is 11.1 Å². The predicted molar refractivity (Wildman–Crippen MR) is 118 cm³/mol.